The molecule has 0 unspecified atom stereocenters. The van der Waals surface area contributed by atoms with Crippen LogP contribution in [0.2, 0.25) is 0 Å². The van der Waals surface area contributed by atoms with Crippen LogP contribution in [0.25, 0.3) is 21.8 Å². The predicted octanol–water partition coefficient (Wildman–Crippen LogP) is 1.07. The molecule has 2 aromatic heterocycles. The van der Waals surface area contributed by atoms with Gasteiger partial charge in [0.15, 0.2) is 5.69 Å². The fourth-order valence-electron chi connectivity index (χ4n) is 3.33. The SMILES string of the molecule is CN1C(=O)/C(=c2/sc3nc(=O)c(-c4ccccc4)nn3c2=O)c2ccccc21. The van der Waals surface area contributed by atoms with E-state index in [2.05, 4.69) is 10.1 Å². The molecule has 0 atom stereocenters. The van der Waals surface area contributed by atoms with E-state index in [-0.39, 0.29) is 21.1 Å². The maximum Gasteiger partial charge on any atom is 0.300 e. The zero-order valence-electron chi connectivity index (χ0n) is 14.6. The molecular weight excluding hydrogens is 376 g/mol. The number of nitrogens with zero attached hydrogens (tertiary/aromatic N) is 4. The van der Waals surface area contributed by atoms with Crippen LogP contribution in [0.3, 0.4) is 0 Å². The summed E-state index contributed by atoms with van der Waals surface area (Å²) in [6.45, 7) is 0. The van der Waals surface area contributed by atoms with E-state index in [1.807, 2.05) is 24.3 Å². The molecule has 7 nitrogen and oxygen atoms in total. The molecule has 0 spiro atoms. The second kappa shape index (κ2) is 5.93. The summed E-state index contributed by atoms with van der Waals surface area (Å²) in [5, 5.41) is 4.24. The fourth-order valence-corrected chi connectivity index (χ4v) is 4.32. The van der Waals surface area contributed by atoms with Crippen LogP contribution in [0.1, 0.15) is 5.56 Å². The summed E-state index contributed by atoms with van der Waals surface area (Å²) in [6.07, 6.45) is 0. The molecule has 3 heterocycles. The standard InChI is InChI=1S/C20H12N4O3S/c1-23-13-10-6-5-9-12(13)14(18(23)26)16-19(27)24-20(28-16)21-17(25)15(22-24)11-7-3-2-4-8-11/h2-10H,1H3/b16-14+. The Hall–Kier alpha value is -3.65. The van der Waals surface area contributed by atoms with Crippen LogP contribution in [0.5, 0.6) is 0 Å². The van der Waals surface area contributed by atoms with Crippen molar-refractivity contribution in [1.29, 1.82) is 0 Å². The van der Waals surface area contributed by atoms with Gasteiger partial charge in [0.2, 0.25) is 4.96 Å². The van der Waals surface area contributed by atoms with Crippen molar-refractivity contribution < 1.29 is 4.79 Å². The monoisotopic (exact) mass is 388 g/mol. The van der Waals surface area contributed by atoms with E-state index >= 15 is 0 Å². The molecule has 28 heavy (non-hydrogen) atoms. The number of carbonyl (C=O) groups excluding carboxylic acids is 1. The lowest BCUT2D eigenvalue weighted by atomic mass is 10.1. The Morgan fingerprint density at radius 2 is 1.64 bits per heavy atom. The van der Waals surface area contributed by atoms with Crippen LogP contribution in [0.4, 0.5) is 5.69 Å². The average Bonchev–Trinajstić information content (AvgIpc) is 3.16. The summed E-state index contributed by atoms with van der Waals surface area (Å²) >= 11 is 1.00. The molecular formula is C20H12N4O3S. The molecule has 2 aromatic carbocycles. The lowest BCUT2D eigenvalue weighted by Crippen LogP contribution is -2.31. The van der Waals surface area contributed by atoms with Gasteiger partial charge in [0.25, 0.3) is 11.5 Å². The van der Waals surface area contributed by atoms with E-state index in [4.69, 9.17) is 0 Å². The van der Waals surface area contributed by atoms with Crippen LogP contribution < -0.4 is 20.6 Å². The molecule has 8 heteroatoms. The molecule has 5 rings (SSSR count). The normalized spacial score (nSPS) is 15.3. The summed E-state index contributed by atoms with van der Waals surface area (Å²) in [7, 11) is 1.67. The van der Waals surface area contributed by atoms with E-state index in [1.54, 1.807) is 37.4 Å². The maximum absolute atomic E-state index is 13.0. The molecule has 0 aliphatic carbocycles. The van der Waals surface area contributed by atoms with Crippen LogP contribution in [0.15, 0.2) is 64.2 Å². The fraction of sp³-hybridized carbons (Fsp3) is 0.0500. The van der Waals surface area contributed by atoms with Gasteiger partial charge in [-0.15, -0.1) is 0 Å². The van der Waals surface area contributed by atoms with Gasteiger partial charge in [0, 0.05) is 18.2 Å². The number of para-hydroxylation sites is 1. The Morgan fingerprint density at radius 1 is 0.929 bits per heavy atom. The molecule has 1 aliphatic heterocycles. The number of hydrogen-bond donors (Lipinski definition) is 0. The smallest absolute Gasteiger partial charge is 0.300 e. The topological polar surface area (TPSA) is 84.6 Å². The molecule has 0 fully saturated rings. The molecule has 4 aromatic rings. The minimum Gasteiger partial charge on any atom is -0.311 e. The summed E-state index contributed by atoms with van der Waals surface area (Å²) in [5.41, 5.74) is 1.44. The van der Waals surface area contributed by atoms with Gasteiger partial charge < -0.3 is 4.90 Å². The van der Waals surface area contributed by atoms with Gasteiger partial charge in [-0.2, -0.15) is 14.6 Å². The summed E-state index contributed by atoms with van der Waals surface area (Å²) in [6, 6.07) is 16.1. The Kier molecular flexibility index (Phi) is 3.50. The third-order valence-corrected chi connectivity index (χ3v) is 5.72. The van der Waals surface area contributed by atoms with Crippen molar-refractivity contribution in [2.75, 3.05) is 11.9 Å². The van der Waals surface area contributed by atoms with Gasteiger partial charge in [-0.3, -0.25) is 14.4 Å². The lowest BCUT2D eigenvalue weighted by Gasteiger charge is -2.07. The van der Waals surface area contributed by atoms with E-state index in [0.717, 1.165) is 21.5 Å². The minimum atomic E-state index is -0.515. The quantitative estimate of drug-likeness (QED) is 0.487. The largest absolute Gasteiger partial charge is 0.311 e. The lowest BCUT2D eigenvalue weighted by molar-refractivity contribution is -0.112. The molecule has 0 saturated heterocycles. The van der Waals surface area contributed by atoms with Crippen molar-refractivity contribution in [1.82, 2.24) is 14.6 Å². The van der Waals surface area contributed by atoms with E-state index in [9.17, 15) is 14.4 Å². The van der Waals surface area contributed by atoms with Crippen molar-refractivity contribution in [2.24, 2.45) is 0 Å². The van der Waals surface area contributed by atoms with Crippen LogP contribution in [-0.4, -0.2) is 27.6 Å². The average molecular weight is 388 g/mol. The summed E-state index contributed by atoms with van der Waals surface area (Å²) < 4.78 is 1.33. The van der Waals surface area contributed by atoms with Crippen molar-refractivity contribution in [2.45, 2.75) is 0 Å². The predicted molar refractivity (Wildman–Crippen MR) is 106 cm³/mol. The van der Waals surface area contributed by atoms with Gasteiger partial charge in [-0.05, 0) is 6.07 Å². The Labute approximate surface area is 161 Å². The summed E-state index contributed by atoms with van der Waals surface area (Å²) in [4.78, 5) is 44.0. The van der Waals surface area contributed by atoms with E-state index in [1.165, 1.54) is 4.90 Å². The van der Waals surface area contributed by atoms with Crippen LogP contribution in [-0.2, 0) is 4.79 Å². The van der Waals surface area contributed by atoms with Crippen molar-refractivity contribution >= 4 is 33.5 Å². The van der Waals surface area contributed by atoms with Gasteiger partial charge in [0.05, 0.1) is 11.3 Å². The first-order valence-corrected chi connectivity index (χ1v) is 9.29. The number of hydrogen-bond acceptors (Lipinski definition) is 6. The highest BCUT2D eigenvalue weighted by Gasteiger charge is 2.31. The number of rotatable bonds is 1. The molecule has 1 amide bonds. The zero-order valence-corrected chi connectivity index (χ0v) is 15.4. The van der Waals surface area contributed by atoms with Crippen LogP contribution >= 0.6 is 11.3 Å². The summed E-state index contributed by atoms with van der Waals surface area (Å²) in [5.74, 6) is -0.268. The number of amides is 1. The van der Waals surface area contributed by atoms with Gasteiger partial charge in [-0.25, -0.2) is 0 Å². The van der Waals surface area contributed by atoms with Crippen molar-refractivity contribution in [3.8, 4) is 11.3 Å². The second-order valence-corrected chi connectivity index (χ2v) is 7.30. The minimum absolute atomic E-state index is 0.0971. The maximum atomic E-state index is 13.0. The number of carbonyl (C=O) groups is 1. The highest BCUT2D eigenvalue weighted by Crippen LogP contribution is 2.33. The molecule has 136 valence electrons. The number of fused-ring (bicyclic) bond motifs is 2. The third-order valence-electron chi connectivity index (χ3n) is 4.69. The van der Waals surface area contributed by atoms with Crippen molar-refractivity contribution in [3.63, 3.8) is 0 Å². The highest BCUT2D eigenvalue weighted by atomic mass is 32.1. The zero-order chi connectivity index (χ0) is 19.4. The first-order valence-electron chi connectivity index (χ1n) is 8.47. The van der Waals surface area contributed by atoms with Crippen molar-refractivity contribution in [3.05, 3.63) is 85.4 Å². The first-order chi connectivity index (χ1) is 13.6. The third kappa shape index (κ3) is 2.25. The number of anilines is 1. The van der Waals surface area contributed by atoms with E-state index < -0.39 is 11.1 Å². The Morgan fingerprint density at radius 3 is 2.43 bits per heavy atom. The first kappa shape index (κ1) is 16.5. The number of likely N-dealkylation sites (N-methyl/N-ethyl adjacent to an activating group) is 1. The number of aromatic nitrogens is 3. The Balaban J connectivity index is 1.86. The molecule has 0 bridgehead atoms. The second-order valence-electron chi connectivity index (χ2n) is 6.32. The molecule has 0 N–H and O–H groups in total. The molecule has 1 aliphatic rings. The highest BCUT2D eigenvalue weighted by molar-refractivity contribution is 7.15. The molecule has 0 saturated carbocycles. The van der Waals surface area contributed by atoms with E-state index in [0.29, 0.717) is 16.7 Å². The van der Waals surface area contributed by atoms with Gasteiger partial charge in [0.1, 0.15) is 4.53 Å². The number of thiazole rings is 1. The van der Waals surface area contributed by atoms with Gasteiger partial charge >= 0.3 is 5.56 Å². The molecule has 0 radical (unpaired) electrons. The van der Waals surface area contributed by atoms with Gasteiger partial charge in [-0.1, -0.05) is 59.9 Å². The Bertz CT molecular complexity index is 1440. The number of benzene rings is 2. The van der Waals surface area contributed by atoms with Crippen LogP contribution in [0, 0.1) is 0 Å².